The summed E-state index contributed by atoms with van der Waals surface area (Å²) in [4.78, 5) is 33.3. The van der Waals surface area contributed by atoms with E-state index in [-0.39, 0.29) is 22.6 Å². The molecule has 0 bridgehead atoms. The van der Waals surface area contributed by atoms with Gasteiger partial charge < -0.3 is 0 Å². The molecule has 1 aliphatic carbocycles. The van der Waals surface area contributed by atoms with Gasteiger partial charge in [-0.1, -0.05) is 68.4 Å². The number of amides is 1. The normalized spacial score (nSPS) is 13.7. The number of nitrogens with one attached hydrogen (secondary N) is 1. The van der Waals surface area contributed by atoms with E-state index in [0.717, 1.165) is 41.6 Å². The molecule has 0 fully saturated rings. The Morgan fingerprint density at radius 2 is 1.84 bits per heavy atom. The summed E-state index contributed by atoms with van der Waals surface area (Å²) >= 11 is 8.92. The lowest BCUT2D eigenvalue weighted by molar-refractivity contribution is -0.118. The lowest BCUT2D eigenvalue weighted by Crippen LogP contribution is -2.24. The third-order valence-electron chi connectivity index (χ3n) is 6.55. The van der Waals surface area contributed by atoms with Crippen molar-refractivity contribution in [3.05, 3.63) is 85.5 Å². The van der Waals surface area contributed by atoms with E-state index in [1.54, 1.807) is 46.4 Å². The minimum atomic E-state index is -0.278. The molecule has 0 saturated heterocycles. The summed E-state index contributed by atoms with van der Waals surface area (Å²) in [6.45, 7) is 6.50. The first-order valence-corrected chi connectivity index (χ1v) is 14.8. The van der Waals surface area contributed by atoms with Crippen molar-refractivity contribution in [1.29, 1.82) is 0 Å². The zero-order valence-corrected chi connectivity index (χ0v) is 24.0. The fourth-order valence-electron chi connectivity index (χ4n) is 4.51. The van der Waals surface area contributed by atoms with Gasteiger partial charge in [-0.3, -0.25) is 14.2 Å². The molecule has 0 radical (unpaired) electrons. The quantitative estimate of drug-likeness (QED) is 0.125. The van der Waals surface area contributed by atoms with Gasteiger partial charge in [0.2, 0.25) is 0 Å². The highest BCUT2D eigenvalue weighted by Crippen LogP contribution is 2.35. The van der Waals surface area contributed by atoms with Crippen LogP contribution in [0.4, 0.5) is 0 Å². The summed E-state index contributed by atoms with van der Waals surface area (Å²) < 4.78 is 1.60. The Bertz CT molecular complexity index is 1570. The first kappa shape index (κ1) is 26.7. The number of hydrogen-bond acceptors (Lipinski definition) is 6. The predicted molar refractivity (Wildman–Crippen MR) is 158 cm³/mol. The van der Waals surface area contributed by atoms with Crippen molar-refractivity contribution in [3.63, 3.8) is 0 Å². The van der Waals surface area contributed by atoms with Gasteiger partial charge in [-0.15, -0.1) is 11.3 Å². The number of aryl methyl sites for hydroxylation is 2. The van der Waals surface area contributed by atoms with Crippen molar-refractivity contribution < 1.29 is 4.79 Å². The lowest BCUT2D eigenvalue weighted by atomic mass is 9.87. The SMILES string of the molecule is CC(C)(C)c1ccc(C=NNC(=O)CSc2nc3sc4c(c3c(=O)n2-c2ccc(Cl)cc2)CCCC4)cc1. The first-order chi connectivity index (χ1) is 18.2. The molecular weight excluding hydrogens is 536 g/mol. The largest absolute Gasteiger partial charge is 0.272 e. The number of carbonyl (C=O) groups is 1. The van der Waals surface area contributed by atoms with Crippen molar-refractivity contribution in [1.82, 2.24) is 15.0 Å². The average molecular weight is 565 g/mol. The van der Waals surface area contributed by atoms with Crippen molar-refractivity contribution in [2.75, 3.05) is 5.75 Å². The number of hydrogen-bond donors (Lipinski definition) is 1. The molecule has 9 heteroatoms. The van der Waals surface area contributed by atoms with Crippen molar-refractivity contribution in [3.8, 4) is 5.69 Å². The van der Waals surface area contributed by atoms with Crippen LogP contribution in [0.5, 0.6) is 0 Å². The summed E-state index contributed by atoms with van der Waals surface area (Å²) in [5.74, 6) is -0.211. The van der Waals surface area contributed by atoms with Crippen molar-refractivity contribution in [2.45, 2.75) is 57.0 Å². The van der Waals surface area contributed by atoms with E-state index < -0.39 is 0 Å². The molecule has 38 heavy (non-hydrogen) atoms. The highest BCUT2D eigenvalue weighted by atomic mass is 35.5. The molecule has 5 rings (SSSR count). The molecule has 1 N–H and O–H groups in total. The van der Waals surface area contributed by atoms with Crippen LogP contribution in [-0.4, -0.2) is 27.4 Å². The van der Waals surface area contributed by atoms with Gasteiger partial charge in [-0.05, 0) is 72.1 Å². The van der Waals surface area contributed by atoms with Crippen LogP contribution >= 0.6 is 34.7 Å². The molecular formula is C29H29ClN4O2S2. The number of thiophene rings is 1. The van der Waals surface area contributed by atoms with Gasteiger partial charge in [-0.2, -0.15) is 5.10 Å². The Morgan fingerprint density at radius 1 is 1.13 bits per heavy atom. The van der Waals surface area contributed by atoms with E-state index >= 15 is 0 Å². The summed E-state index contributed by atoms with van der Waals surface area (Å²) in [6.07, 6.45) is 5.72. The zero-order chi connectivity index (χ0) is 26.9. The molecule has 2 heterocycles. The fourth-order valence-corrected chi connectivity index (χ4v) is 6.74. The monoisotopic (exact) mass is 564 g/mol. The van der Waals surface area contributed by atoms with Gasteiger partial charge in [0.25, 0.3) is 11.5 Å². The molecule has 6 nitrogen and oxygen atoms in total. The molecule has 0 saturated carbocycles. The topological polar surface area (TPSA) is 76.3 Å². The Morgan fingerprint density at radius 3 is 2.55 bits per heavy atom. The number of aromatic nitrogens is 2. The molecule has 1 aliphatic rings. The van der Waals surface area contributed by atoms with Crippen LogP contribution in [0, 0.1) is 0 Å². The van der Waals surface area contributed by atoms with Crippen LogP contribution in [-0.2, 0) is 23.1 Å². The minimum absolute atomic E-state index is 0.0664. The Hall–Kier alpha value is -2.94. The molecule has 0 aliphatic heterocycles. The van der Waals surface area contributed by atoms with Gasteiger partial charge in [0, 0.05) is 9.90 Å². The van der Waals surface area contributed by atoms with E-state index in [2.05, 4.69) is 43.4 Å². The number of nitrogens with zero attached hydrogens (tertiary/aromatic N) is 3. The third-order valence-corrected chi connectivity index (χ3v) is 8.93. The maximum Gasteiger partial charge on any atom is 0.267 e. The van der Waals surface area contributed by atoms with E-state index in [1.165, 1.54) is 22.2 Å². The highest BCUT2D eigenvalue weighted by Gasteiger charge is 2.23. The number of fused-ring (bicyclic) bond motifs is 3. The minimum Gasteiger partial charge on any atom is -0.272 e. The predicted octanol–water partition coefficient (Wildman–Crippen LogP) is 6.52. The second-order valence-corrected chi connectivity index (χ2v) is 12.8. The summed E-state index contributed by atoms with van der Waals surface area (Å²) in [7, 11) is 0. The Balaban J connectivity index is 1.36. The van der Waals surface area contributed by atoms with Gasteiger partial charge in [0.15, 0.2) is 5.16 Å². The van der Waals surface area contributed by atoms with Crippen LogP contribution in [0.25, 0.3) is 15.9 Å². The van der Waals surface area contributed by atoms with Crippen LogP contribution in [0.1, 0.15) is 55.2 Å². The standard InChI is InChI=1S/C29H29ClN4O2S2/c1-29(2,3)19-10-8-18(9-11-19)16-31-33-24(35)17-37-28-32-26-25(22-6-4-5-7-23(22)38-26)27(36)34(28)21-14-12-20(30)13-15-21/h8-16H,4-7,17H2,1-3H3,(H,33,35). The smallest absolute Gasteiger partial charge is 0.267 e. The van der Waals surface area contributed by atoms with Gasteiger partial charge in [0.1, 0.15) is 4.83 Å². The Labute approximate surface area is 235 Å². The van der Waals surface area contributed by atoms with E-state index in [0.29, 0.717) is 21.3 Å². The number of benzene rings is 2. The number of hydrazone groups is 1. The summed E-state index contributed by atoms with van der Waals surface area (Å²) in [6, 6.07) is 15.2. The molecule has 0 unspecified atom stereocenters. The maximum absolute atomic E-state index is 13.8. The molecule has 0 atom stereocenters. The van der Waals surface area contributed by atoms with E-state index in [9.17, 15) is 9.59 Å². The molecule has 2 aromatic carbocycles. The van der Waals surface area contributed by atoms with Crippen LogP contribution in [0.3, 0.4) is 0 Å². The van der Waals surface area contributed by atoms with Crippen LogP contribution < -0.4 is 11.0 Å². The van der Waals surface area contributed by atoms with E-state index in [1.807, 2.05) is 12.1 Å². The third kappa shape index (κ3) is 5.72. The maximum atomic E-state index is 13.8. The van der Waals surface area contributed by atoms with Gasteiger partial charge >= 0.3 is 0 Å². The van der Waals surface area contributed by atoms with Crippen molar-refractivity contribution in [2.24, 2.45) is 5.10 Å². The Kier molecular flexibility index (Phi) is 7.75. The van der Waals surface area contributed by atoms with Crippen molar-refractivity contribution >= 4 is 57.0 Å². The summed E-state index contributed by atoms with van der Waals surface area (Å²) in [5, 5.41) is 5.87. The highest BCUT2D eigenvalue weighted by molar-refractivity contribution is 7.99. The molecule has 0 spiro atoms. The van der Waals surface area contributed by atoms with E-state index in [4.69, 9.17) is 16.6 Å². The molecule has 196 valence electrons. The zero-order valence-electron chi connectivity index (χ0n) is 21.6. The average Bonchev–Trinajstić information content (AvgIpc) is 3.27. The number of halogens is 1. The van der Waals surface area contributed by atoms with Crippen LogP contribution in [0.15, 0.2) is 63.6 Å². The molecule has 2 aromatic heterocycles. The first-order valence-electron chi connectivity index (χ1n) is 12.6. The number of rotatable bonds is 6. The number of thioether (sulfide) groups is 1. The molecule has 4 aromatic rings. The van der Waals surface area contributed by atoms with Gasteiger partial charge in [-0.25, -0.2) is 10.4 Å². The van der Waals surface area contributed by atoms with Gasteiger partial charge in [0.05, 0.1) is 23.0 Å². The second-order valence-electron chi connectivity index (χ2n) is 10.4. The van der Waals surface area contributed by atoms with Crippen LogP contribution in [0.2, 0.25) is 5.02 Å². The number of carbonyl (C=O) groups excluding carboxylic acids is 1. The summed E-state index contributed by atoms with van der Waals surface area (Å²) in [5.41, 5.74) is 6.50. The second kappa shape index (κ2) is 11.0. The molecule has 1 amide bonds. The lowest BCUT2D eigenvalue weighted by Gasteiger charge is -2.18. The fraction of sp³-hybridized carbons (Fsp3) is 0.310.